The Morgan fingerprint density at radius 2 is 1.72 bits per heavy atom. The van der Waals surface area contributed by atoms with Gasteiger partial charge in [0.05, 0.1) is 12.7 Å². The van der Waals surface area contributed by atoms with E-state index in [0.717, 1.165) is 52.2 Å². The monoisotopic (exact) mass is 338 g/mol. The zero-order chi connectivity index (χ0) is 17.1. The van der Waals surface area contributed by atoms with Crippen LogP contribution in [0.4, 0.5) is 5.69 Å². The maximum Gasteiger partial charge on any atom is 0.115 e. The summed E-state index contributed by atoms with van der Waals surface area (Å²) in [5.41, 5.74) is 4.04. The second-order valence-electron chi connectivity index (χ2n) is 6.94. The maximum atomic E-state index is 9.42. The van der Waals surface area contributed by atoms with Crippen LogP contribution in [-0.4, -0.2) is 49.3 Å². The lowest BCUT2D eigenvalue weighted by Crippen LogP contribution is -2.46. The molecule has 0 spiro atoms. The Hall–Kier alpha value is -2.04. The van der Waals surface area contributed by atoms with Gasteiger partial charge in [-0.15, -0.1) is 0 Å². The molecule has 0 radical (unpaired) electrons. The summed E-state index contributed by atoms with van der Waals surface area (Å²) in [7, 11) is 0. The molecule has 2 aromatic rings. The predicted octanol–water partition coefficient (Wildman–Crippen LogP) is 3.22. The van der Waals surface area contributed by atoms with Crippen LogP contribution in [0.25, 0.3) is 0 Å². The number of fused-ring (bicyclic) bond motifs is 1. The van der Waals surface area contributed by atoms with E-state index in [0.29, 0.717) is 5.75 Å². The molecule has 0 bridgehead atoms. The molecule has 2 aliphatic rings. The third-order valence-electron chi connectivity index (χ3n) is 5.39. The molecule has 0 aliphatic carbocycles. The van der Waals surface area contributed by atoms with Gasteiger partial charge in [-0.2, -0.15) is 0 Å². The number of rotatable bonds is 4. The number of aromatic hydroxyl groups is 1. The van der Waals surface area contributed by atoms with Crippen molar-refractivity contribution in [3.8, 4) is 5.75 Å². The normalized spacial score (nSPS) is 21.1. The Morgan fingerprint density at radius 1 is 0.960 bits per heavy atom. The highest BCUT2D eigenvalue weighted by molar-refractivity contribution is 5.49. The van der Waals surface area contributed by atoms with E-state index in [2.05, 4.69) is 34.1 Å². The van der Waals surface area contributed by atoms with Gasteiger partial charge in [-0.25, -0.2) is 0 Å². The lowest BCUT2D eigenvalue weighted by molar-refractivity contribution is 0.0289. The summed E-state index contributed by atoms with van der Waals surface area (Å²) in [4.78, 5) is 4.93. The first-order valence-electron chi connectivity index (χ1n) is 9.25. The first kappa shape index (κ1) is 16.4. The highest BCUT2D eigenvalue weighted by atomic mass is 16.5. The van der Waals surface area contributed by atoms with E-state index in [9.17, 15) is 5.11 Å². The summed E-state index contributed by atoms with van der Waals surface area (Å²) in [6.07, 6.45) is 2.36. The molecular weight excluding hydrogens is 312 g/mol. The quantitative estimate of drug-likeness (QED) is 0.929. The van der Waals surface area contributed by atoms with Crippen molar-refractivity contribution in [2.75, 3.05) is 44.2 Å². The molecule has 4 heteroatoms. The van der Waals surface area contributed by atoms with Crippen LogP contribution in [-0.2, 0) is 11.2 Å². The molecular formula is C21H26N2O2. The van der Waals surface area contributed by atoms with Gasteiger partial charge in [0.1, 0.15) is 5.75 Å². The van der Waals surface area contributed by atoms with Crippen molar-refractivity contribution < 1.29 is 9.84 Å². The molecule has 132 valence electrons. The predicted molar refractivity (Wildman–Crippen MR) is 100 cm³/mol. The van der Waals surface area contributed by atoms with Crippen LogP contribution in [0.3, 0.4) is 0 Å². The van der Waals surface area contributed by atoms with E-state index in [1.807, 2.05) is 12.1 Å². The fourth-order valence-corrected chi connectivity index (χ4v) is 3.91. The third kappa shape index (κ3) is 3.80. The minimum absolute atomic E-state index is 0.250. The third-order valence-corrected chi connectivity index (χ3v) is 5.39. The van der Waals surface area contributed by atoms with Crippen LogP contribution in [0.15, 0.2) is 48.5 Å². The first-order chi connectivity index (χ1) is 12.3. The zero-order valence-corrected chi connectivity index (χ0v) is 14.6. The molecule has 1 fully saturated rings. The maximum absolute atomic E-state index is 9.42. The van der Waals surface area contributed by atoms with Crippen molar-refractivity contribution in [2.24, 2.45) is 0 Å². The number of phenols is 1. The van der Waals surface area contributed by atoms with Crippen molar-refractivity contribution in [3.63, 3.8) is 0 Å². The number of benzene rings is 2. The van der Waals surface area contributed by atoms with Crippen molar-refractivity contribution in [3.05, 3.63) is 59.7 Å². The molecule has 2 aliphatic heterocycles. The Kier molecular flexibility index (Phi) is 4.90. The van der Waals surface area contributed by atoms with Gasteiger partial charge in [0.25, 0.3) is 0 Å². The van der Waals surface area contributed by atoms with Crippen LogP contribution in [0, 0.1) is 0 Å². The van der Waals surface area contributed by atoms with Crippen LogP contribution in [0.2, 0.25) is 0 Å². The van der Waals surface area contributed by atoms with E-state index in [4.69, 9.17) is 4.74 Å². The molecule has 2 aromatic carbocycles. The Morgan fingerprint density at radius 3 is 2.52 bits per heavy atom. The van der Waals surface area contributed by atoms with Crippen LogP contribution in [0.5, 0.6) is 5.75 Å². The topological polar surface area (TPSA) is 35.9 Å². The van der Waals surface area contributed by atoms with Gasteiger partial charge >= 0.3 is 0 Å². The molecule has 25 heavy (non-hydrogen) atoms. The largest absolute Gasteiger partial charge is 0.508 e. The van der Waals surface area contributed by atoms with Crippen molar-refractivity contribution >= 4 is 5.69 Å². The highest BCUT2D eigenvalue weighted by Gasteiger charge is 2.23. The summed E-state index contributed by atoms with van der Waals surface area (Å²) in [6.45, 7) is 6.16. The molecule has 1 N–H and O–H groups in total. The second-order valence-corrected chi connectivity index (χ2v) is 6.94. The van der Waals surface area contributed by atoms with Crippen LogP contribution >= 0.6 is 0 Å². The Bertz CT molecular complexity index is 693. The molecule has 0 amide bonds. The number of anilines is 1. The number of nitrogens with zero attached hydrogens (tertiary/aromatic N) is 2. The van der Waals surface area contributed by atoms with Crippen molar-refractivity contribution in [1.29, 1.82) is 0 Å². The van der Waals surface area contributed by atoms with E-state index >= 15 is 0 Å². The number of hydrogen-bond acceptors (Lipinski definition) is 4. The molecule has 0 saturated carbocycles. The molecule has 1 saturated heterocycles. The number of hydrogen-bond donors (Lipinski definition) is 1. The van der Waals surface area contributed by atoms with Gasteiger partial charge in [-0.05, 0) is 48.2 Å². The zero-order valence-electron chi connectivity index (χ0n) is 14.6. The second kappa shape index (κ2) is 7.46. The van der Waals surface area contributed by atoms with Gasteiger partial charge in [0.15, 0.2) is 0 Å². The molecule has 1 atom stereocenters. The summed E-state index contributed by atoms with van der Waals surface area (Å²) < 4.78 is 6.04. The van der Waals surface area contributed by atoms with Crippen molar-refractivity contribution in [2.45, 2.75) is 18.9 Å². The standard InChI is InChI=1S/C21H26N2O2/c24-19-7-5-18(6-8-19)23-14-12-22(13-15-23)11-9-21-20-4-2-1-3-17(20)10-16-25-21/h1-8,21,24H,9-16H2. The molecule has 4 rings (SSSR count). The van der Waals surface area contributed by atoms with Gasteiger partial charge in [0, 0.05) is 38.4 Å². The summed E-state index contributed by atoms with van der Waals surface area (Å²) in [5, 5.41) is 9.42. The lowest BCUT2D eigenvalue weighted by atomic mass is 9.95. The summed E-state index contributed by atoms with van der Waals surface area (Å²) in [6, 6.07) is 16.2. The lowest BCUT2D eigenvalue weighted by Gasteiger charge is -2.37. The smallest absolute Gasteiger partial charge is 0.115 e. The van der Waals surface area contributed by atoms with E-state index in [1.54, 1.807) is 12.1 Å². The highest BCUT2D eigenvalue weighted by Crippen LogP contribution is 2.29. The fraction of sp³-hybridized carbons (Fsp3) is 0.429. The van der Waals surface area contributed by atoms with Crippen molar-refractivity contribution in [1.82, 2.24) is 4.90 Å². The average molecular weight is 338 g/mol. The SMILES string of the molecule is Oc1ccc(N2CCN(CCC3OCCc4ccccc43)CC2)cc1. The number of piperazine rings is 1. The van der Waals surface area contributed by atoms with Crippen LogP contribution in [0.1, 0.15) is 23.7 Å². The molecule has 0 aromatic heterocycles. The Labute approximate surface area is 149 Å². The minimum atomic E-state index is 0.250. The van der Waals surface area contributed by atoms with Crippen LogP contribution < -0.4 is 4.90 Å². The first-order valence-corrected chi connectivity index (χ1v) is 9.25. The molecule has 2 heterocycles. The molecule has 4 nitrogen and oxygen atoms in total. The number of phenolic OH excluding ortho intramolecular Hbond substituents is 1. The number of ether oxygens (including phenoxy) is 1. The Balaban J connectivity index is 1.29. The average Bonchev–Trinajstić information content (AvgIpc) is 2.67. The summed E-state index contributed by atoms with van der Waals surface area (Å²) >= 11 is 0. The van der Waals surface area contributed by atoms with Gasteiger partial charge in [0.2, 0.25) is 0 Å². The van der Waals surface area contributed by atoms with Gasteiger partial charge in [-0.1, -0.05) is 24.3 Å². The van der Waals surface area contributed by atoms with E-state index in [1.165, 1.54) is 16.8 Å². The van der Waals surface area contributed by atoms with E-state index < -0.39 is 0 Å². The van der Waals surface area contributed by atoms with E-state index in [-0.39, 0.29) is 6.10 Å². The molecule has 1 unspecified atom stereocenters. The van der Waals surface area contributed by atoms with Gasteiger partial charge < -0.3 is 14.7 Å². The fourth-order valence-electron chi connectivity index (χ4n) is 3.91. The van der Waals surface area contributed by atoms with Gasteiger partial charge in [-0.3, -0.25) is 4.90 Å². The summed E-state index contributed by atoms with van der Waals surface area (Å²) in [5.74, 6) is 0.329. The minimum Gasteiger partial charge on any atom is -0.508 e.